The highest BCUT2D eigenvalue weighted by Crippen LogP contribution is 2.29. The van der Waals surface area contributed by atoms with E-state index in [9.17, 15) is 9.59 Å². The summed E-state index contributed by atoms with van der Waals surface area (Å²) in [5.74, 6) is 0.138. The highest BCUT2D eigenvalue weighted by atomic mass is 16.5. The van der Waals surface area contributed by atoms with Gasteiger partial charge in [-0.25, -0.2) is 4.79 Å². The number of hydrogen-bond donors (Lipinski definition) is 0. The van der Waals surface area contributed by atoms with Crippen molar-refractivity contribution in [1.82, 2.24) is 0 Å². The van der Waals surface area contributed by atoms with Crippen molar-refractivity contribution < 1.29 is 23.8 Å². The van der Waals surface area contributed by atoms with E-state index in [1.807, 2.05) is 19.9 Å². The first kappa shape index (κ1) is 18.5. The molecule has 2 aromatic rings. The number of ether oxygens (including phenoxy) is 3. The van der Waals surface area contributed by atoms with Crippen LogP contribution in [-0.4, -0.2) is 31.1 Å². The predicted molar refractivity (Wildman–Crippen MR) is 94.4 cm³/mol. The van der Waals surface area contributed by atoms with Crippen LogP contribution in [0, 0.1) is 0 Å². The summed E-state index contributed by atoms with van der Waals surface area (Å²) in [6.07, 6.45) is -0.900. The molecule has 0 aliphatic heterocycles. The topological polar surface area (TPSA) is 61.8 Å². The van der Waals surface area contributed by atoms with Gasteiger partial charge in [0.25, 0.3) is 0 Å². The molecule has 5 heteroatoms. The molecule has 0 amide bonds. The minimum Gasteiger partial charge on any atom is -0.493 e. The van der Waals surface area contributed by atoms with Crippen molar-refractivity contribution in [2.45, 2.75) is 33.0 Å². The molecule has 2 rings (SSSR count). The molecule has 0 radical (unpaired) electrons. The number of rotatable bonds is 7. The number of benzene rings is 2. The van der Waals surface area contributed by atoms with Gasteiger partial charge in [-0.05, 0) is 39.0 Å². The third-order valence-corrected chi connectivity index (χ3v) is 3.47. The maximum absolute atomic E-state index is 12.3. The highest BCUT2D eigenvalue weighted by Gasteiger charge is 2.21. The van der Waals surface area contributed by atoms with E-state index in [2.05, 4.69) is 0 Å². The first-order valence-electron chi connectivity index (χ1n) is 8.07. The van der Waals surface area contributed by atoms with Gasteiger partial charge in [-0.2, -0.15) is 0 Å². The van der Waals surface area contributed by atoms with E-state index in [1.54, 1.807) is 49.4 Å². The van der Waals surface area contributed by atoms with Crippen LogP contribution in [-0.2, 0) is 4.74 Å². The highest BCUT2D eigenvalue weighted by molar-refractivity contribution is 6.01. The van der Waals surface area contributed by atoms with E-state index < -0.39 is 12.1 Å². The summed E-state index contributed by atoms with van der Waals surface area (Å²) in [5, 5.41) is 0. The summed E-state index contributed by atoms with van der Waals surface area (Å²) in [7, 11) is 1.50. The Balaban J connectivity index is 2.11. The number of Topliss-reactive ketones (excluding diaryl/α,β-unsaturated/α-hetero) is 1. The number of carbonyl (C=O) groups is 2. The minimum atomic E-state index is -0.882. The van der Waals surface area contributed by atoms with Crippen molar-refractivity contribution in [3.63, 3.8) is 0 Å². The van der Waals surface area contributed by atoms with E-state index in [0.29, 0.717) is 22.6 Å². The third-order valence-electron chi connectivity index (χ3n) is 3.47. The van der Waals surface area contributed by atoms with Crippen LogP contribution in [0.5, 0.6) is 11.5 Å². The van der Waals surface area contributed by atoms with Gasteiger partial charge in [0.2, 0.25) is 5.78 Å². The van der Waals surface area contributed by atoms with Crippen LogP contribution in [0.2, 0.25) is 0 Å². The average molecular weight is 342 g/mol. The molecule has 2 aromatic carbocycles. The molecule has 0 spiro atoms. The molecule has 25 heavy (non-hydrogen) atoms. The van der Waals surface area contributed by atoms with Gasteiger partial charge in [0.05, 0.1) is 18.8 Å². The molecule has 1 atom stereocenters. The number of esters is 1. The van der Waals surface area contributed by atoms with Crippen LogP contribution in [0.3, 0.4) is 0 Å². The summed E-state index contributed by atoms with van der Waals surface area (Å²) >= 11 is 0. The first-order valence-corrected chi connectivity index (χ1v) is 8.07. The van der Waals surface area contributed by atoms with Gasteiger partial charge in [0.1, 0.15) is 0 Å². The summed E-state index contributed by atoms with van der Waals surface area (Å²) in [5.41, 5.74) is 0.793. The van der Waals surface area contributed by atoms with Crippen LogP contribution >= 0.6 is 0 Å². The Kier molecular flexibility index (Phi) is 6.17. The lowest BCUT2D eigenvalue weighted by Crippen LogP contribution is -2.24. The van der Waals surface area contributed by atoms with Crippen molar-refractivity contribution in [3.05, 3.63) is 59.7 Å². The molecule has 5 nitrogen and oxygen atoms in total. The van der Waals surface area contributed by atoms with Crippen LogP contribution < -0.4 is 9.47 Å². The lowest BCUT2D eigenvalue weighted by Gasteiger charge is -2.15. The average Bonchev–Trinajstić information content (AvgIpc) is 2.61. The van der Waals surface area contributed by atoms with Crippen LogP contribution in [0.15, 0.2) is 48.5 Å². The number of hydrogen-bond acceptors (Lipinski definition) is 5. The van der Waals surface area contributed by atoms with Gasteiger partial charge < -0.3 is 14.2 Å². The zero-order chi connectivity index (χ0) is 18.4. The molecule has 0 aromatic heterocycles. The molecule has 0 saturated heterocycles. The Morgan fingerprint density at radius 3 is 2.16 bits per heavy atom. The largest absolute Gasteiger partial charge is 0.493 e. The van der Waals surface area contributed by atoms with E-state index in [4.69, 9.17) is 14.2 Å². The van der Waals surface area contributed by atoms with Crippen molar-refractivity contribution in [2.24, 2.45) is 0 Å². The Hall–Kier alpha value is -2.82. The first-order chi connectivity index (χ1) is 11.9. The molecular formula is C20H22O5. The van der Waals surface area contributed by atoms with Crippen LogP contribution in [0.1, 0.15) is 41.5 Å². The fourth-order valence-corrected chi connectivity index (χ4v) is 2.27. The molecule has 0 fully saturated rings. The van der Waals surface area contributed by atoms with E-state index in [-0.39, 0.29) is 11.9 Å². The molecule has 0 bridgehead atoms. The van der Waals surface area contributed by atoms with Crippen molar-refractivity contribution in [2.75, 3.05) is 7.11 Å². The molecule has 1 unspecified atom stereocenters. The second kappa shape index (κ2) is 8.33. The third kappa shape index (κ3) is 4.83. The maximum atomic E-state index is 12.3. The van der Waals surface area contributed by atoms with E-state index in [1.165, 1.54) is 7.11 Å². The normalized spacial score (nSPS) is 11.7. The molecule has 0 aliphatic rings. The Morgan fingerprint density at radius 1 is 0.880 bits per heavy atom. The van der Waals surface area contributed by atoms with Gasteiger partial charge in [0.15, 0.2) is 17.6 Å². The minimum absolute atomic E-state index is 0.0183. The molecule has 0 N–H and O–H groups in total. The van der Waals surface area contributed by atoms with Crippen molar-refractivity contribution in [3.8, 4) is 11.5 Å². The van der Waals surface area contributed by atoms with Gasteiger partial charge in [-0.15, -0.1) is 0 Å². The van der Waals surface area contributed by atoms with E-state index in [0.717, 1.165) is 0 Å². The molecule has 0 saturated carbocycles. The maximum Gasteiger partial charge on any atom is 0.338 e. The lowest BCUT2D eigenvalue weighted by atomic mass is 10.1. The Bertz CT molecular complexity index is 737. The number of ketones is 1. The van der Waals surface area contributed by atoms with Crippen molar-refractivity contribution in [1.29, 1.82) is 0 Å². The van der Waals surface area contributed by atoms with Crippen molar-refractivity contribution >= 4 is 11.8 Å². The van der Waals surface area contributed by atoms with Gasteiger partial charge in [0, 0.05) is 5.56 Å². The standard InChI is InChI=1S/C20H22O5/c1-13(2)24-17-11-10-16(12-18(17)23-4)20(22)25-14(3)19(21)15-8-6-5-7-9-15/h5-14H,1-4H3. The lowest BCUT2D eigenvalue weighted by molar-refractivity contribution is 0.0318. The molecular weight excluding hydrogens is 320 g/mol. The zero-order valence-electron chi connectivity index (χ0n) is 14.8. The Morgan fingerprint density at radius 2 is 1.56 bits per heavy atom. The zero-order valence-corrected chi connectivity index (χ0v) is 14.8. The fraction of sp³-hybridized carbons (Fsp3) is 0.300. The summed E-state index contributed by atoms with van der Waals surface area (Å²) in [4.78, 5) is 24.6. The SMILES string of the molecule is COc1cc(C(=O)OC(C)C(=O)c2ccccc2)ccc1OC(C)C. The number of carbonyl (C=O) groups excluding carboxylic acids is 2. The molecule has 0 heterocycles. The van der Waals surface area contributed by atoms with Gasteiger partial charge in [-0.1, -0.05) is 30.3 Å². The fourth-order valence-electron chi connectivity index (χ4n) is 2.27. The summed E-state index contributed by atoms with van der Waals surface area (Å²) in [6, 6.07) is 13.5. The second-order valence-electron chi connectivity index (χ2n) is 5.81. The monoisotopic (exact) mass is 342 g/mol. The molecule has 0 aliphatic carbocycles. The van der Waals surface area contributed by atoms with Crippen LogP contribution in [0.25, 0.3) is 0 Å². The summed E-state index contributed by atoms with van der Waals surface area (Å²) in [6.45, 7) is 5.36. The predicted octanol–water partition coefficient (Wildman–Crippen LogP) is 3.91. The van der Waals surface area contributed by atoms with Crippen LogP contribution in [0.4, 0.5) is 0 Å². The van der Waals surface area contributed by atoms with Gasteiger partial charge in [-0.3, -0.25) is 4.79 Å². The smallest absolute Gasteiger partial charge is 0.338 e. The second-order valence-corrected chi connectivity index (χ2v) is 5.81. The summed E-state index contributed by atoms with van der Waals surface area (Å²) < 4.78 is 16.2. The van der Waals surface area contributed by atoms with E-state index >= 15 is 0 Å². The van der Waals surface area contributed by atoms with Gasteiger partial charge >= 0.3 is 5.97 Å². The number of methoxy groups -OCH3 is 1. The quantitative estimate of drug-likeness (QED) is 0.564. The Labute approximate surface area is 147 Å². The molecule has 132 valence electrons.